The number of furan rings is 1. The molecule has 4 aromatic rings. The average molecular weight is 661 g/mol. The molecule has 2 bridgehead atoms. The highest BCUT2D eigenvalue weighted by molar-refractivity contribution is 9.10. The van der Waals surface area contributed by atoms with Crippen molar-refractivity contribution in [2.24, 2.45) is 5.92 Å². The van der Waals surface area contributed by atoms with E-state index in [0.717, 1.165) is 30.0 Å². The lowest BCUT2D eigenvalue weighted by Crippen LogP contribution is -2.49. The normalized spacial score (nSPS) is 19.5. The van der Waals surface area contributed by atoms with Crippen molar-refractivity contribution in [3.05, 3.63) is 111 Å². The Balaban J connectivity index is 1.14. The number of carbonyl (C=O) groups is 2. The number of anilines is 3. The number of benzene rings is 2. The minimum Gasteiger partial charge on any atom is -0.444 e. The molecule has 0 aliphatic carbocycles. The second kappa shape index (κ2) is 11.6. The van der Waals surface area contributed by atoms with E-state index in [4.69, 9.17) is 4.42 Å². The van der Waals surface area contributed by atoms with Crippen LogP contribution in [0.5, 0.6) is 0 Å². The number of hydrogen-bond donors (Lipinski definition) is 1. The zero-order valence-corrected chi connectivity index (χ0v) is 25.5. The van der Waals surface area contributed by atoms with Crippen LogP contribution in [0.15, 0.2) is 86.7 Å². The van der Waals surface area contributed by atoms with Crippen LogP contribution in [0.25, 0.3) is 0 Å². The van der Waals surface area contributed by atoms with Gasteiger partial charge in [-0.25, -0.2) is 4.39 Å². The number of hydrogen-bond acceptors (Lipinski definition) is 6. The van der Waals surface area contributed by atoms with E-state index in [1.54, 1.807) is 36.4 Å². The van der Waals surface area contributed by atoms with E-state index in [1.807, 2.05) is 33.7 Å². The topological polar surface area (TPSA) is 91.0 Å². The van der Waals surface area contributed by atoms with Gasteiger partial charge >= 0.3 is 0 Å². The van der Waals surface area contributed by atoms with Crippen molar-refractivity contribution >= 4 is 44.8 Å². The smallest absolute Gasteiger partial charge is 0.291 e. The molecule has 0 spiro atoms. The fraction of sp³-hybridized carbons (Fsp3) is 0.303. The van der Waals surface area contributed by atoms with Crippen molar-refractivity contribution in [2.45, 2.75) is 18.9 Å². The van der Waals surface area contributed by atoms with Crippen LogP contribution in [-0.4, -0.2) is 60.5 Å². The Morgan fingerprint density at radius 1 is 0.886 bits per heavy atom. The van der Waals surface area contributed by atoms with Crippen molar-refractivity contribution in [3.8, 4) is 0 Å². The molecule has 3 aliphatic rings. The number of rotatable bonds is 5. The van der Waals surface area contributed by atoms with Gasteiger partial charge < -0.3 is 29.0 Å². The molecule has 2 atom stereocenters. The number of halogens is 2. The first-order chi connectivity index (χ1) is 21.3. The van der Waals surface area contributed by atoms with Crippen LogP contribution in [0, 0.1) is 11.7 Å². The predicted molar refractivity (Wildman–Crippen MR) is 169 cm³/mol. The van der Waals surface area contributed by atoms with Gasteiger partial charge in [-0.05, 0) is 88.9 Å². The number of aromatic nitrogens is 1. The minimum absolute atomic E-state index is 0.0320. The molecule has 2 amide bonds. The summed E-state index contributed by atoms with van der Waals surface area (Å²) in [5.74, 6) is -0.190. The number of piperidine rings is 1. The van der Waals surface area contributed by atoms with E-state index in [-0.39, 0.29) is 34.9 Å². The fourth-order valence-electron chi connectivity index (χ4n) is 6.76. The summed E-state index contributed by atoms with van der Waals surface area (Å²) >= 11 is 3.26. The Labute approximate surface area is 262 Å². The summed E-state index contributed by atoms with van der Waals surface area (Å²) in [7, 11) is 0. The highest BCUT2D eigenvalue weighted by atomic mass is 79.9. The van der Waals surface area contributed by atoms with Gasteiger partial charge in [0.25, 0.3) is 17.4 Å². The lowest BCUT2D eigenvalue weighted by atomic mass is 9.83. The van der Waals surface area contributed by atoms with Crippen molar-refractivity contribution in [3.63, 3.8) is 0 Å². The maximum absolute atomic E-state index is 13.7. The molecule has 0 radical (unpaired) electrons. The maximum Gasteiger partial charge on any atom is 0.291 e. The summed E-state index contributed by atoms with van der Waals surface area (Å²) in [6.45, 7) is 4.38. The number of fused-ring (bicyclic) bond motifs is 4. The number of carbonyl (C=O) groups excluding carboxylic acids is 2. The highest BCUT2D eigenvalue weighted by Gasteiger charge is 2.35. The van der Waals surface area contributed by atoms with Crippen molar-refractivity contribution in [1.82, 2.24) is 9.47 Å². The van der Waals surface area contributed by atoms with Crippen LogP contribution in [0.2, 0.25) is 0 Å². The van der Waals surface area contributed by atoms with Crippen molar-refractivity contribution in [1.29, 1.82) is 0 Å². The molecule has 44 heavy (non-hydrogen) atoms. The van der Waals surface area contributed by atoms with Crippen LogP contribution in [0.1, 0.15) is 38.9 Å². The van der Waals surface area contributed by atoms with Gasteiger partial charge in [-0.2, -0.15) is 0 Å². The zero-order valence-electron chi connectivity index (χ0n) is 23.9. The molecule has 226 valence electrons. The SMILES string of the molecule is O=C(Nc1cc(C(=O)N2CCN(c3ccc(F)cc3)CC2)ccc1N1CC2CC(C1)c1cccc(=O)n1C2)c1ccc(Br)o1. The van der Waals surface area contributed by atoms with Crippen LogP contribution < -0.4 is 20.7 Å². The van der Waals surface area contributed by atoms with Crippen molar-refractivity contribution in [2.75, 3.05) is 54.4 Å². The molecule has 2 unspecified atom stereocenters. The molecule has 1 N–H and O–H groups in total. The van der Waals surface area contributed by atoms with Gasteiger partial charge in [0.1, 0.15) is 5.82 Å². The van der Waals surface area contributed by atoms with Gasteiger partial charge in [0.2, 0.25) is 0 Å². The Morgan fingerprint density at radius 2 is 1.68 bits per heavy atom. The van der Waals surface area contributed by atoms with Gasteiger partial charge in [-0.1, -0.05) is 6.07 Å². The molecule has 7 rings (SSSR count). The lowest BCUT2D eigenvalue weighted by Gasteiger charge is -2.44. The molecule has 0 saturated carbocycles. The summed E-state index contributed by atoms with van der Waals surface area (Å²) in [5.41, 5.74) is 3.83. The summed E-state index contributed by atoms with van der Waals surface area (Å²) in [6.07, 6.45) is 1.00. The largest absolute Gasteiger partial charge is 0.444 e. The first-order valence-corrected chi connectivity index (χ1v) is 15.6. The van der Waals surface area contributed by atoms with E-state index < -0.39 is 5.91 Å². The summed E-state index contributed by atoms with van der Waals surface area (Å²) in [6, 6.07) is 20.6. The molecule has 3 aliphatic heterocycles. The van der Waals surface area contributed by atoms with E-state index in [2.05, 4.69) is 31.0 Å². The van der Waals surface area contributed by atoms with E-state index >= 15 is 0 Å². The maximum atomic E-state index is 13.7. The molecule has 2 aromatic heterocycles. The second-order valence-corrected chi connectivity index (χ2v) is 12.4. The van der Waals surface area contributed by atoms with Crippen LogP contribution in [-0.2, 0) is 6.54 Å². The monoisotopic (exact) mass is 659 g/mol. The van der Waals surface area contributed by atoms with Gasteiger partial charge in [-0.3, -0.25) is 14.4 Å². The van der Waals surface area contributed by atoms with Crippen LogP contribution >= 0.6 is 15.9 Å². The van der Waals surface area contributed by atoms with Gasteiger partial charge in [-0.15, -0.1) is 0 Å². The van der Waals surface area contributed by atoms with E-state index in [9.17, 15) is 18.8 Å². The summed E-state index contributed by atoms with van der Waals surface area (Å²) < 4.78 is 21.2. The molecular formula is C33H31BrFN5O4. The van der Waals surface area contributed by atoms with Gasteiger partial charge in [0.05, 0.1) is 11.4 Å². The third kappa shape index (κ3) is 5.52. The number of nitrogens with one attached hydrogen (secondary N) is 1. The molecule has 2 saturated heterocycles. The minimum atomic E-state index is -0.413. The molecule has 2 fully saturated rings. The van der Waals surface area contributed by atoms with Gasteiger partial charge in [0, 0.05) is 74.7 Å². The molecule has 5 heterocycles. The third-order valence-electron chi connectivity index (χ3n) is 8.87. The Bertz CT molecular complexity index is 1780. The quantitative estimate of drug-likeness (QED) is 0.318. The Hall–Kier alpha value is -4.38. The van der Waals surface area contributed by atoms with Crippen molar-refractivity contribution < 1.29 is 18.4 Å². The number of amides is 2. The standard InChI is InChI=1S/C33H31BrFN5O4/c34-30-11-10-29(44-30)32(42)36-26-17-22(33(43)38-14-12-37(13-15-38)25-7-5-24(35)6-8-25)4-9-28(26)39-18-21-16-23(20-39)27-2-1-3-31(41)40(27)19-21/h1-11,17,21,23H,12-16,18-20H2,(H,36,42). The van der Waals surface area contributed by atoms with Gasteiger partial charge in [0.15, 0.2) is 10.4 Å². The van der Waals surface area contributed by atoms with Crippen LogP contribution in [0.4, 0.5) is 21.5 Å². The number of piperazine rings is 1. The molecular weight excluding hydrogens is 629 g/mol. The Morgan fingerprint density at radius 3 is 2.43 bits per heavy atom. The fourth-order valence-corrected chi connectivity index (χ4v) is 7.07. The highest BCUT2D eigenvalue weighted by Crippen LogP contribution is 2.39. The van der Waals surface area contributed by atoms with E-state index in [1.165, 1.54) is 12.1 Å². The third-order valence-corrected chi connectivity index (χ3v) is 9.29. The molecule has 9 nitrogen and oxygen atoms in total. The predicted octanol–water partition coefficient (Wildman–Crippen LogP) is 5.18. The summed E-state index contributed by atoms with van der Waals surface area (Å²) in [4.78, 5) is 45.6. The molecule has 11 heteroatoms. The van der Waals surface area contributed by atoms with E-state index in [0.29, 0.717) is 55.2 Å². The number of nitrogens with zero attached hydrogens (tertiary/aromatic N) is 4. The first-order valence-electron chi connectivity index (χ1n) is 14.8. The summed E-state index contributed by atoms with van der Waals surface area (Å²) in [5, 5.41) is 3.00. The first kappa shape index (κ1) is 28.4. The molecule has 2 aromatic carbocycles. The average Bonchev–Trinajstić information content (AvgIpc) is 3.48. The Kier molecular flexibility index (Phi) is 7.49. The number of pyridine rings is 1. The zero-order chi connectivity index (χ0) is 30.4. The van der Waals surface area contributed by atoms with Crippen LogP contribution in [0.3, 0.4) is 0 Å². The second-order valence-electron chi connectivity index (χ2n) is 11.6. The lowest BCUT2D eigenvalue weighted by molar-refractivity contribution is 0.0746.